The summed E-state index contributed by atoms with van der Waals surface area (Å²) in [6, 6.07) is 4.80. The van der Waals surface area contributed by atoms with E-state index in [0.29, 0.717) is 36.3 Å². The van der Waals surface area contributed by atoms with Crippen LogP contribution >= 0.6 is 0 Å². The molecule has 18 heteroatoms. The van der Waals surface area contributed by atoms with E-state index in [-0.39, 0.29) is 36.8 Å². The quantitative estimate of drug-likeness (QED) is 0.155. The third-order valence-corrected chi connectivity index (χ3v) is 12.5. The Morgan fingerprint density at radius 3 is 2.30 bits per heavy atom. The van der Waals surface area contributed by atoms with Gasteiger partial charge in [-0.1, -0.05) is 32.6 Å². The van der Waals surface area contributed by atoms with Gasteiger partial charge in [0.15, 0.2) is 0 Å². The van der Waals surface area contributed by atoms with E-state index in [9.17, 15) is 32.4 Å². The van der Waals surface area contributed by atoms with E-state index in [1.165, 1.54) is 11.0 Å². The van der Waals surface area contributed by atoms with Gasteiger partial charge < -0.3 is 30.3 Å². The van der Waals surface area contributed by atoms with Gasteiger partial charge in [-0.15, -0.1) is 0 Å². The molecule has 1 aliphatic heterocycles. The molecule has 5 amide bonds. The molecule has 2 heterocycles. The van der Waals surface area contributed by atoms with E-state index in [1.54, 1.807) is 26.3 Å². The number of hydrogen-bond donors (Lipinski definition) is 4. The number of isocyanates is 1. The summed E-state index contributed by atoms with van der Waals surface area (Å²) in [4.78, 5) is 75.0. The fourth-order valence-electron chi connectivity index (χ4n) is 7.93. The zero-order valence-electron chi connectivity index (χ0n) is 36.9. The highest BCUT2D eigenvalue weighted by atomic mass is 32.2. The summed E-state index contributed by atoms with van der Waals surface area (Å²) >= 11 is 0. The van der Waals surface area contributed by atoms with Gasteiger partial charge in [0, 0.05) is 23.5 Å². The largest absolute Gasteiger partial charge is 0.497 e. The highest BCUT2D eigenvalue weighted by Crippen LogP contribution is 2.47. The number of benzene rings is 1. The van der Waals surface area contributed by atoms with E-state index in [0.717, 1.165) is 37.5 Å². The number of aromatic nitrogens is 1. The van der Waals surface area contributed by atoms with Gasteiger partial charge in [0.25, 0.3) is 5.91 Å². The number of aliphatic imine (C=N–C) groups is 1. The van der Waals surface area contributed by atoms with Gasteiger partial charge in [-0.05, 0) is 122 Å². The van der Waals surface area contributed by atoms with E-state index < -0.39 is 68.9 Å². The summed E-state index contributed by atoms with van der Waals surface area (Å²) < 4.78 is 44.7. The normalized spacial score (nSPS) is 23.9. The second-order valence-electron chi connectivity index (χ2n) is 19.0. The molecule has 61 heavy (non-hydrogen) atoms. The number of fused-ring (bicyclic) bond motifs is 1. The van der Waals surface area contributed by atoms with Gasteiger partial charge in [-0.25, -0.2) is 28.5 Å². The Hall–Kier alpha value is -4.80. The van der Waals surface area contributed by atoms with E-state index in [1.807, 2.05) is 71.4 Å². The van der Waals surface area contributed by atoms with Crippen molar-refractivity contribution in [2.75, 3.05) is 13.7 Å². The minimum absolute atomic E-state index is 0.00807. The minimum Gasteiger partial charge on any atom is -0.497 e. The maximum absolute atomic E-state index is 14.7. The Morgan fingerprint density at radius 1 is 1.05 bits per heavy atom. The van der Waals surface area contributed by atoms with Crippen LogP contribution in [0.4, 0.5) is 4.79 Å². The Morgan fingerprint density at radius 2 is 1.74 bits per heavy atom. The van der Waals surface area contributed by atoms with Gasteiger partial charge in [0.2, 0.25) is 23.8 Å². The number of pyridine rings is 1. The average Bonchev–Trinajstić information content (AvgIpc) is 4.04. The van der Waals surface area contributed by atoms with E-state index in [2.05, 4.69) is 25.9 Å². The molecule has 2 aromatic rings. The first-order chi connectivity index (χ1) is 28.5. The van der Waals surface area contributed by atoms with Gasteiger partial charge >= 0.3 is 16.3 Å². The van der Waals surface area contributed by atoms with Crippen molar-refractivity contribution in [3.63, 3.8) is 0 Å². The van der Waals surface area contributed by atoms with Crippen LogP contribution in [0.15, 0.2) is 35.5 Å². The zero-order valence-corrected chi connectivity index (χ0v) is 37.7. The Kier molecular flexibility index (Phi) is 14.5. The van der Waals surface area contributed by atoms with Crippen molar-refractivity contribution < 1.29 is 46.0 Å². The molecule has 3 aliphatic carbocycles. The number of methoxy groups -OCH3 is 1. The first kappa shape index (κ1) is 47.3. The van der Waals surface area contributed by atoms with Gasteiger partial charge in [0.05, 0.1) is 24.8 Å². The molecule has 0 bridgehead atoms. The monoisotopic (exact) mass is 869 g/mol. The number of rotatable bonds is 13. The summed E-state index contributed by atoms with van der Waals surface area (Å²) in [6.45, 7) is 14.6. The van der Waals surface area contributed by atoms with Crippen molar-refractivity contribution in [1.82, 2.24) is 30.6 Å². The molecule has 1 aromatic heterocycles. The first-order valence-corrected chi connectivity index (χ1v) is 22.6. The van der Waals surface area contributed by atoms with Crippen LogP contribution in [0.2, 0.25) is 0 Å². The molecule has 0 spiro atoms. The summed E-state index contributed by atoms with van der Waals surface area (Å²) in [5.41, 5.74) is -3.17. The van der Waals surface area contributed by atoms with Crippen molar-refractivity contribution >= 4 is 50.9 Å². The fraction of sp³-hybridized carbons (Fsp3) is 0.674. The standard InChI is InChI=1S/C38H54N6O9S.C5H9NO/c1-7-25-21-38(25,34(47)43-54(49,50)53-37(5)16-17-37)41-31(45)29-20-27(52-32-28-14-13-26(51-6)19-24(28)15-18-39-32)22-44(29)33(46)30(23-11-9-8-10-12-23)40-35(48)42-36(2,3)4;1-5(2,3)6-4-7/h13-15,18-19,23,25,27,29-30H,7-12,16-17,20-22H2,1-6H3,(H,41,45)(H,43,47)(H2,40,42,48);1-3H3/t25-,27-,29+,30+,38-;/m1./s1. The van der Waals surface area contributed by atoms with Crippen LogP contribution in [0.3, 0.4) is 0 Å². The Balaban J connectivity index is 0.000000925. The smallest absolute Gasteiger partial charge is 0.362 e. The number of hydrogen-bond acceptors (Lipinski definition) is 12. The summed E-state index contributed by atoms with van der Waals surface area (Å²) in [5, 5.41) is 10.2. The molecule has 1 saturated heterocycles. The second kappa shape index (κ2) is 18.7. The molecular formula is C43H63N7O10S. The number of nitrogens with one attached hydrogen (secondary N) is 4. The van der Waals surface area contributed by atoms with Crippen molar-refractivity contribution in [2.24, 2.45) is 16.8 Å². The van der Waals surface area contributed by atoms with Crippen molar-refractivity contribution in [2.45, 2.75) is 160 Å². The number of likely N-dealkylation sites (tertiary alicyclic amines) is 1. The van der Waals surface area contributed by atoms with Crippen molar-refractivity contribution in [3.05, 3.63) is 30.5 Å². The Bertz CT molecular complexity index is 2100. The third-order valence-electron chi connectivity index (χ3n) is 11.4. The molecule has 336 valence electrons. The average molecular weight is 870 g/mol. The molecule has 0 radical (unpaired) electrons. The molecule has 5 atom stereocenters. The lowest BCUT2D eigenvalue weighted by Crippen LogP contribution is -2.60. The fourth-order valence-corrected chi connectivity index (χ4v) is 9.07. The van der Waals surface area contributed by atoms with Crippen LogP contribution in [0.25, 0.3) is 10.8 Å². The van der Waals surface area contributed by atoms with Gasteiger partial charge in [0.1, 0.15) is 29.5 Å². The lowest BCUT2D eigenvalue weighted by molar-refractivity contribution is -0.142. The lowest BCUT2D eigenvalue weighted by Gasteiger charge is -2.35. The number of carbonyl (C=O) groups excluding carboxylic acids is 5. The van der Waals surface area contributed by atoms with Crippen LogP contribution in [0, 0.1) is 11.8 Å². The highest BCUT2D eigenvalue weighted by molar-refractivity contribution is 7.85. The van der Waals surface area contributed by atoms with E-state index in [4.69, 9.17) is 13.7 Å². The maximum atomic E-state index is 14.7. The number of urea groups is 1. The van der Waals surface area contributed by atoms with Crippen LogP contribution in [-0.2, 0) is 33.7 Å². The first-order valence-electron chi connectivity index (χ1n) is 21.2. The van der Waals surface area contributed by atoms with E-state index >= 15 is 0 Å². The van der Waals surface area contributed by atoms with Crippen molar-refractivity contribution in [3.8, 4) is 11.6 Å². The number of nitrogens with zero attached hydrogens (tertiary/aromatic N) is 3. The lowest BCUT2D eigenvalue weighted by atomic mass is 9.83. The van der Waals surface area contributed by atoms with Crippen LogP contribution in [0.5, 0.6) is 11.6 Å². The number of ether oxygens (including phenoxy) is 2. The predicted octanol–water partition coefficient (Wildman–Crippen LogP) is 4.97. The van der Waals surface area contributed by atoms with Crippen LogP contribution < -0.4 is 30.1 Å². The predicted molar refractivity (Wildman–Crippen MR) is 228 cm³/mol. The molecule has 3 saturated carbocycles. The number of carbonyl (C=O) groups is 4. The highest BCUT2D eigenvalue weighted by Gasteiger charge is 2.62. The molecule has 4 aliphatic rings. The zero-order chi connectivity index (χ0) is 45.0. The minimum atomic E-state index is -4.44. The molecular weight excluding hydrogens is 807 g/mol. The van der Waals surface area contributed by atoms with Crippen LogP contribution in [-0.4, -0.2) is 102 Å². The topological polar surface area (TPSA) is 224 Å². The third kappa shape index (κ3) is 12.6. The molecule has 4 fully saturated rings. The maximum Gasteiger partial charge on any atom is 0.362 e. The summed E-state index contributed by atoms with van der Waals surface area (Å²) in [5.74, 6) is -1.44. The van der Waals surface area contributed by atoms with Crippen LogP contribution in [0.1, 0.15) is 120 Å². The summed E-state index contributed by atoms with van der Waals surface area (Å²) in [7, 11) is -2.86. The molecule has 4 N–H and O–H groups in total. The molecule has 0 unspecified atom stereocenters. The van der Waals surface area contributed by atoms with Crippen molar-refractivity contribution in [1.29, 1.82) is 0 Å². The van der Waals surface area contributed by atoms with Gasteiger partial charge in [-0.3, -0.25) is 14.4 Å². The number of amides is 5. The van der Waals surface area contributed by atoms with Gasteiger partial charge in [-0.2, -0.15) is 8.42 Å². The molecule has 6 rings (SSSR count). The second-order valence-corrected chi connectivity index (χ2v) is 20.3. The molecule has 1 aromatic carbocycles. The summed E-state index contributed by atoms with van der Waals surface area (Å²) in [6.07, 6.45) is 8.60. The SMILES string of the molecule is CC(C)(C)N=C=O.CC[C@@H]1C[C@]1(NC(=O)[C@@H]1C[C@@H](Oc2nccc3cc(OC)ccc23)CN1C(=O)[C@@H](NC(=O)NC(C)(C)C)C1CCCCC1)C(=O)NS(=O)(=O)OC1(C)CC1. The Labute approximate surface area is 359 Å². The molecule has 17 nitrogen and oxygen atoms in total.